The van der Waals surface area contributed by atoms with Gasteiger partial charge in [-0.15, -0.1) is 5.10 Å². The molecule has 2 aromatic heterocycles. The highest BCUT2D eigenvalue weighted by Gasteiger charge is 2.12. The third-order valence-corrected chi connectivity index (χ3v) is 5.13. The largest absolute Gasteiger partial charge is 0.477 e. The van der Waals surface area contributed by atoms with Gasteiger partial charge in [-0.25, -0.2) is 9.50 Å². The summed E-state index contributed by atoms with van der Waals surface area (Å²) in [5, 5.41) is 5.28. The van der Waals surface area contributed by atoms with Crippen LogP contribution in [0.4, 0.5) is 0 Å². The monoisotopic (exact) mass is 370 g/mol. The van der Waals surface area contributed by atoms with E-state index in [0.717, 1.165) is 29.9 Å². The van der Waals surface area contributed by atoms with Gasteiger partial charge in [-0.3, -0.25) is 0 Å². The molecule has 5 nitrogen and oxygen atoms in total. The third-order valence-electron chi connectivity index (χ3n) is 4.80. The van der Waals surface area contributed by atoms with Gasteiger partial charge in [0.1, 0.15) is 0 Å². The summed E-state index contributed by atoms with van der Waals surface area (Å²) in [5.41, 5.74) is 2.56. The van der Waals surface area contributed by atoms with Crippen LogP contribution in [0.25, 0.3) is 16.9 Å². The molecule has 6 heteroatoms. The molecule has 1 fully saturated rings. The van der Waals surface area contributed by atoms with Crippen LogP contribution in [-0.2, 0) is 0 Å². The van der Waals surface area contributed by atoms with Crippen molar-refractivity contribution in [2.75, 3.05) is 26.2 Å². The van der Waals surface area contributed by atoms with Gasteiger partial charge in [-0.2, -0.15) is 0 Å². The summed E-state index contributed by atoms with van der Waals surface area (Å²) in [6.45, 7) is 4.21. The minimum absolute atomic E-state index is 0.613. The van der Waals surface area contributed by atoms with Crippen LogP contribution >= 0.6 is 11.6 Å². The number of halogens is 1. The van der Waals surface area contributed by atoms with Crippen molar-refractivity contribution in [3.8, 4) is 17.1 Å². The fourth-order valence-electron chi connectivity index (χ4n) is 3.43. The van der Waals surface area contributed by atoms with Crippen LogP contribution in [-0.4, -0.2) is 45.7 Å². The van der Waals surface area contributed by atoms with Crippen molar-refractivity contribution in [3.63, 3.8) is 0 Å². The Labute approximate surface area is 158 Å². The number of fused-ring (bicyclic) bond motifs is 1. The van der Waals surface area contributed by atoms with E-state index in [1.165, 1.54) is 32.4 Å². The summed E-state index contributed by atoms with van der Waals surface area (Å²) >= 11 is 6.33. The summed E-state index contributed by atoms with van der Waals surface area (Å²) in [7, 11) is 0. The molecule has 0 radical (unpaired) electrons. The van der Waals surface area contributed by atoms with Crippen LogP contribution in [0.2, 0.25) is 5.02 Å². The zero-order valence-electron chi connectivity index (χ0n) is 14.8. The van der Waals surface area contributed by atoms with E-state index in [4.69, 9.17) is 16.3 Å². The maximum Gasteiger partial charge on any atom is 0.231 e. The highest BCUT2D eigenvalue weighted by molar-refractivity contribution is 6.33. The molecule has 0 saturated carbocycles. The predicted octanol–water partition coefficient (Wildman–Crippen LogP) is 4.30. The van der Waals surface area contributed by atoms with Gasteiger partial charge in [0.05, 0.1) is 23.5 Å². The van der Waals surface area contributed by atoms with Crippen LogP contribution in [0.5, 0.6) is 5.88 Å². The first-order chi connectivity index (χ1) is 12.8. The van der Waals surface area contributed by atoms with Crippen LogP contribution in [0.3, 0.4) is 0 Å². The number of imidazole rings is 1. The number of ether oxygens (including phenoxy) is 1. The Bertz CT molecular complexity index is 873. The van der Waals surface area contributed by atoms with Gasteiger partial charge in [0.25, 0.3) is 0 Å². The van der Waals surface area contributed by atoms with E-state index in [9.17, 15) is 0 Å². The van der Waals surface area contributed by atoms with Crippen LogP contribution in [0.15, 0.2) is 42.6 Å². The van der Waals surface area contributed by atoms with Gasteiger partial charge in [0, 0.05) is 18.2 Å². The predicted molar refractivity (Wildman–Crippen MR) is 104 cm³/mol. The van der Waals surface area contributed by atoms with E-state index in [1.807, 2.05) is 36.4 Å². The van der Waals surface area contributed by atoms with E-state index in [-0.39, 0.29) is 0 Å². The van der Waals surface area contributed by atoms with Crippen molar-refractivity contribution in [2.24, 2.45) is 0 Å². The molecule has 1 aliphatic heterocycles. The molecule has 1 aromatic carbocycles. The summed E-state index contributed by atoms with van der Waals surface area (Å²) in [6.07, 6.45) is 6.83. The summed E-state index contributed by atoms with van der Waals surface area (Å²) < 4.78 is 7.67. The Hall–Kier alpha value is -2.11. The zero-order valence-corrected chi connectivity index (χ0v) is 15.5. The Morgan fingerprint density at radius 1 is 1.04 bits per heavy atom. The fraction of sp³-hybridized carbons (Fsp3) is 0.400. The Morgan fingerprint density at radius 2 is 1.88 bits per heavy atom. The SMILES string of the molecule is Clc1ccccc1-c1cnc2ccc(OCCCN3CCCCC3)nn12. The molecule has 0 bridgehead atoms. The van der Waals surface area contributed by atoms with Crippen LogP contribution in [0.1, 0.15) is 25.7 Å². The Balaban J connectivity index is 1.43. The van der Waals surface area contributed by atoms with Gasteiger partial charge >= 0.3 is 0 Å². The second-order valence-electron chi connectivity index (χ2n) is 6.67. The molecule has 4 rings (SSSR count). The highest BCUT2D eigenvalue weighted by Crippen LogP contribution is 2.28. The molecule has 1 saturated heterocycles. The summed E-state index contributed by atoms with van der Waals surface area (Å²) in [4.78, 5) is 6.94. The number of hydrogen-bond donors (Lipinski definition) is 0. The van der Waals surface area contributed by atoms with Crippen molar-refractivity contribution < 1.29 is 4.74 Å². The van der Waals surface area contributed by atoms with Gasteiger partial charge in [0.2, 0.25) is 5.88 Å². The number of nitrogens with zero attached hydrogens (tertiary/aromatic N) is 4. The summed E-state index contributed by atoms with van der Waals surface area (Å²) in [6, 6.07) is 11.5. The number of aromatic nitrogens is 3. The number of piperidine rings is 1. The number of likely N-dealkylation sites (tertiary alicyclic amines) is 1. The minimum Gasteiger partial charge on any atom is -0.477 e. The minimum atomic E-state index is 0.613. The van der Waals surface area contributed by atoms with Gasteiger partial charge < -0.3 is 9.64 Å². The molecule has 136 valence electrons. The Kier molecular flexibility index (Phi) is 5.37. The smallest absolute Gasteiger partial charge is 0.231 e. The molecule has 0 N–H and O–H groups in total. The average molecular weight is 371 g/mol. The maximum atomic E-state index is 6.33. The normalized spacial score (nSPS) is 15.4. The second kappa shape index (κ2) is 8.06. The zero-order chi connectivity index (χ0) is 17.8. The molecular formula is C20H23ClN4O. The van der Waals surface area contributed by atoms with E-state index in [2.05, 4.69) is 15.0 Å². The molecule has 3 aromatic rings. The van der Waals surface area contributed by atoms with Crippen molar-refractivity contribution in [1.29, 1.82) is 0 Å². The van der Waals surface area contributed by atoms with Crippen molar-refractivity contribution in [3.05, 3.63) is 47.6 Å². The molecule has 0 amide bonds. The van der Waals surface area contributed by atoms with Crippen LogP contribution in [0, 0.1) is 0 Å². The molecule has 0 aliphatic carbocycles. The Morgan fingerprint density at radius 3 is 2.73 bits per heavy atom. The fourth-order valence-corrected chi connectivity index (χ4v) is 3.67. The van der Waals surface area contributed by atoms with E-state index < -0.39 is 0 Å². The van der Waals surface area contributed by atoms with Crippen molar-refractivity contribution in [1.82, 2.24) is 19.5 Å². The quantitative estimate of drug-likeness (QED) is 0.606. The number of hydrogen-bond acceptors (Lipinski definition) is 4. The molecule has 1 aliphatic rings. The molecule has 26 heavy (non-hydrogen) atoms. The third kappa shape index (κ3) is 3.84. The van der Waals surface area contributed by atoms with E-state index in [0.29, 0.717) is 17.5 Å². The molecule has 0 atom stereocenters. The van der Waals surface area contributed by atoms with E-state index >= 15 is 0 Å². The molecular weight excluding hydrogens is 348 g/mol. The number of rotatable bonds is 6. The van der Waals surface area contributed by atoms with Gasteiger partial charge in [0.15, 0.2) is 5.65 Å². The van der Waals surface area contributed by atoms with Gasteiger partial charge in [-0.05, 0) is 44.5 Å². The maximum absolute atomic E-state index is 6.33. The lowest BCUT2D eigenvalue weighted by atomic mass is 10.1. The van der Waals surface area contributed by atoms with Gasteiger partial charge in [-0.1, -0.05) is 36.2 Å². The van der Waals surface area contributed by atoms with Crippen molar-refractivity contribution in [2.45, 2.75) is 25.7 Å². The first-order valence-corrected chi connectivity index (χ1v) is 9.64. The molecule has 0 unspecified atom stereocenters. The molecule has 0 spiro atoms. The summed E-state index contributed by atoms with van der Waals surface area (Å²) in [5.74, 6) is 0.613. The second-order valence-corrected chi connectivity index (χ2v) is 7.08. The first-order valence-electron chi connectivity index (χ1n) is 9.26. The lowest BCUT2D eigenvalue weighted by molar-refractivity contribution is 0.202. The topological polar surface area (TPSA) is 42.7 Å². The first kappa shape index (κ1) is 17.3. The van der Waals surface area contributed by atoms with E-state index in [1.54, 1.807) is 10.7 Å². The average Bonchev–Trinajstić information content (AvgIpc) is 3.09. The van der Waals surface area contributed by atoms with Crippen molar-refractivity contribution >= 4 is 17.2 Å². The number of benzene rings is 1. The van der Waals surface area contributed by atoms with Crippen LogP contribution < -0.4 is 4.74 Å². The molecule has 3 heterocycles. The standard InChI is InChI=1S/C20H23ClN4O/c21-17-8-3-2-7-16(17)18-15-22-19-9-10-20(23-25(18)19)26-14-6-13-24-11-4-1-5-12-24/h2-3,7-10,15H,1,4-6,11-14H2. The lowest BCUT2D eigenvalue weighted by Gasteiger charge is -2.26. The lowest BCUT2D eigenvalue weighted by Crippen LogP contribution is -2.31. The highest BCUT2D eigenvalue weighted by atomic mass is 35.5.